The van der Waals surface area contributed by atoms with Gasteiger partial charge in [-0.2, -0.15) is 0 Å². The molecule has 0 amide bonds. The number of anilines is 1. The Morgan fingerprint density at radius 1 is 1.61 bits per heavy atom. The van der Waals surface area contributed by atoms with Gasteiger partial charge in [0.1, 0.15) is 17.1 Å². The molecule has 0 aliphatic carbocycles. The molecule has 8 heteroatoms. The van der Waals surface area contributed by atoms with Gasteiger partial charge >= 0.3 is 0 Å². The lowest BCUT2D eigenvalue weighted by molar-refractivity contribution is -0.384. The minimum atomic E-state index is -1.45. The standard InChI is InChI=1S/C10H12BrFN2O4/c1-10(16,5-15)4-13-8-3-7(12)6(11)2-9(8)14(17)18/h2-3,13,15-16H,4-5H2,1H3. The average Bonchev–Trinajstić information content (AvgIpc) is 2.30. The first-order valence-corrected chi connectivity index (χ1v) is 5.76. The summed E-state index contributed by atoms with van der Waals surface area (Å²) in [5.74, 6) is -0.660. The number of aliphatic hydroxyl groups excluding tert-OH is 1. The lowest BCUT2D eigenvalue weighted by atomic mass is 10.1. The van der Waals surface area contributed by atoms with E-state index in [4.69, 9.17) is 5.11 Å². The van der Waals surface area contributed by atoms with Crippen LogP contribution in [0.1, 0.15) is 6.92 Å². The van der Waals surface area contributed by atoms with Crippen molar-refractivity contribution in [2.75, 3.05) is 18.5 Å². The van der Waals surface area contributed by atoms with Crippen LogP contribution in [0.5, 0.6) is 0 Å². The molecule has 3 N–H and O–H groups in total. The number of hydrogen-bond donors (Lipinski definition) is 3. The summed E-state index contributed by atoms with van der Waals surface area (Å²) in [6.45, 7) is 0.680. The van der Waals surface area contributed by atoms with Crippen molar-refractivity contribution in [1.82, 2.24) is 0 Å². The number of rotatable bonds is 5. The monoisotopic (exact) mass is 322 g/mol. The van der Waals surface area contributed by atoms with E-state index in [-0.39, 0.29) is 22.4 Å². The highest BCUT2D eigenvalue weighted by Crippen LogP contribution is 2.30. The lowest BCUT2D eigenvalue weighted by Gasteiger charge is -2.21. The van der Waals surface area contributed by atoms with Crippen molar-refractivity contribution >= 4 is 27.3 Å². The van der Waals surface area contributed by atoms with Crippen molar-refractivity contribution in [2.24, 2.45) is 0 Å². The maximum absolute atomic E-state index is 13.3. The smallest absolute Gasteiger partial charge is 0.293 e. The van der Waals surface area contributed by atoms with Crippen LogP contribution in [0.25, 0.3) is 0 Å². The third kappa shape index (κ3) is 3.62. The van der Waals surface area contributed by atoms with Gasteiger partial charge in [-0.25, -0.2) is 4.39 Å². The van der Waals surface area contributed by atoms with Crippen molar-refractivity contribution in [3.63, 3.8) is 0 Å². The van der Waals surface area contributed by atoms with Gasteiger partial charge in [0.25, 0.3) is 5.69 Å². The molecular formula is C10H12BrFN2O4. The molecule has 0 heterocycles. The zero-order valence-corrected chi connectivity index (χ0v) is 11.1. The zero-order chi connectivity index (χ0) is 13.9. The molecule has 0 fully saturated rings. The summed E-state index contributed by atoms with van der Waals surface area (Å²) in [4.78, 5) is 10.1. The van der Waals surface area contributed by atoms with E-state index in [0.717, 1.165) is 12.1 Å². The van der Waals surface area contributed by atoms with Gasteiger partial charge in [0.05, 0.1) is 16.0 Å². The Kier molecular flexibility index (Phi) is 4.60. The molecule has 0 aromatic heterocycles. The number of nitrogens with one attached hydrogen (secondary N) is 1. The molecule has 1 rings (SSSR count). The second kappa shape index (κ2) is 5.59. The molecule has 0 radical (unpaired) electrons. The predicted octanol–water partition coefficient (Wildman–Crippen LogP) is 1.65. The molecule has 0 aliphatic heterocycles. The first-order valence-electron chi connectivity index (χ1n) is 4.97. The summed E-state index contributed by atoms with van der Waals surface area (Å²) in [6.07, 6.45) is 0. The molecule has 0 aliphatic rings. The van der Waals surface area contributed by atoms with E-state index in [2.05, 4.69) is 21.2 Å². The first-order chi connectivity index (χ1) is 8.26. The van der Waals surface area contributed by atoms with Crippen LogP contribution in [0.2, 0.25) is 0 Å². The fourth-order valence-electron chi connectivity index (χ4n) is 1.17. The average molecular weight is 323 g/mol. The molecule has 0 spiro atoms. The number of aliphatic hydroxyl groups is 2. The largest absolute Gasteiger partial charge is 0.393 e. The van der Waals surface area contributed by atoms with E-state index < -0.39 is 22.9 Å². The van der Waals surface area contributed by atoms with Crippen molar-refractivity contribution in [2.45, 2.75) is 12.5 Å². The van der Waals surface area contributed by atoms with Crippen molar-refractivity contribution in [1.29, 1.82) is 0 Å². The molecule has 0 saturated heterocycles. The Balaban J connectivity index is 3.01. The molecule has 1 aromatic rings. The summed E-state index contributed by atoms with van der Waals surface area (Å²) >= 11 is 2.86. The number of nitro benzene ring substituents is 1. The van der Waals surface area contributed by atoms with E-state index in [1.807, 2.05) is 0 Å². The van der Waals surface area contributed by atoms with Crippen LogP contribution >= 0.6 is 15.9 Å². The highest BCUT2D eigenvalue weighted by Gasteiger charge is 2.22. The first kappa shape index (κ1) is 14.8. The molecule has 18 heavy (non-hydrogen) atoms. The van der Waals surface area contributed by atoms with Crippen LogP contribution < -0.4 is 5.32 Å². The highest BCUT2D eigenvalue weighted by atomic mass is 79.9. The van der Waals surface area contributed by atoms with E-state index >= 15 is 0 Å². The van der Waals surface area contributed by atoms with Crippen LogP contribution in [-0.4, -0.2) is 33.9 Å². The maximum Gasteiger partial charge on any atom is 0.293 e. The molecular weight excluding hydrogens is 311 g/mol. The van der Waals surface area contributed by atoms with Crippen LogP contribution in [-0.2, 0) is 0 Å². The molecule has 6 nitrogen and oxygen atoms in total. The van der Waals surface area contributed by atoms with Gasteiger partial charge in [-0.3, -0.25) is 10.1 Å². The van der Waals surface area contributed by atoms with Gasteiger partial charge in [-0.05, 0) is 22.9 Å². The third-order valence-electron chi connectivity index (χ3n) is 2.24. The normalized spacial score (nSPS) is 14.1. The van der Waals surface area contributed by atoms with Crippen molar-refractivity contribution in [3.05, 3.63) is 32.5 Å². The Labute approximate surface area is 111 Å². The number of nitro groups is 1. The zero-order valence-electron chi connectivity index (χ0n) is 9.48. The summed E-state index contributed by atoms with van der Waals surface area (Å²) in [7, 11) is 0. The van der Waals surface area contributed by atoms with E-state index in [1.165, 1.54) is 6.92 Å². The van der Waals surface area contributed by atoms with Gasteiger partial charge in [0, 0.05) is 18.7 Å². The summed E-state index contributed by atoms with van der Waals surface area (Å²) < 4.78 is 13.3. The van der Waals surface area contributed by atoms with E-state index in [0.29, 0.717) is 0 Å². The minimum Gasteiger partial charge on any atom is -0.393 e. The topological polar surface area (TPSA) is 95.6 Å². The second-order valence-corrected chi connectivity index (χ2v) is 4.90. The van der Waals surface area contributed by atoms with Gasteiger partial charge < -0.3 is 15.5 Å². The predicted molar refractivity (Wildman–Crippen MR) is 67.0 cm³/mol. The molecule has 0 saturated carbocycles. The minimum absolute atomic E-state index is 0.0198. The van der Waals surface area contributed by atoms with Crippen LogP contribution in [0, 0.1) is 15.9 Å². The maximum atomic E-state index is 13.3. The highest BCUT2D eigenvalue weighted by molar-refractivity contribution is 9.10. The van der Waals surface area contributed by atoms with Gasteiger partial charge in [-0.1, -0.05) is 0 Å². The Morgan fingerprint density at radius 2 is 2.22 bits per heavy atom. The van der Waals surface area contributed by atoms with Crippen LogP contribution in [0.15, 0.2) is 16.6 Å². The molecule has 0 bridgehead atoms. The van der Waals surface area contributed by atoms with Gasteiger partial charge in [-0.15, -0.1) is 0 Å². The number of halogens is 2. The van der Waals surface area contributed by atoms with Crippen molar-refractivity contribution < 1.29 is 19.5 Å². The van der Waals surface area contributed by atoms with E-state index in [9.17, 15) is 19.6 Å². The molecule has 1 unspecified atom stereocenters. The molecule has 1 aromatic carbocycles. The van der Waals surface area contributed by atoms with Crippen LogP contribution in [0.3, 0.4) is 0 Å². The Morgan fingerprint density at radius 3 is 2.72 bits per heavy atom. The van der Waals surface area contributed by atoms with E-state index in [1.54, 1.807) is 0 Å². The Bertz CT molecular complexity index is 467. The summed E-state index contributed by atoms with van der Waals surface area (Å²) in [5, 5.41) is 31.7. The third-order valence-corrected chi connectivity index (χ3v) is 2.84. The fourth-order valence-corrected chi connectivity index (χ4v) is 1.50. The second-order valence-electron chi connectivity index (χ2n) is 4.05. The molecule has 100 valence electrons. The fraction of sp³-hybridized carbons (Fsp3) is 0.400. The van der Waals surface area contributed by atoms with Gasteiger partial charge in [0.15, 0.2) is 0 Å². The summed E-state index contributed by atoms with van der Waals surface area (Å²) in [6, 6.07) is 1.99. The quantitative estimate of drug-likeness (QED) is 0.566. The Hall–Kier alpha value is -1.25. The SMILES string of the molecule is CC(O)(CO)CNc1cc(F)c(Br)cc1[N+](=O)[O-]. The molecule has 1 atom stereocenters. The summed E-state index contributed by atoms with van der Waals surface area (Å²) in [5.41, 5.74) is -1.83. The number of nitrogens with zero attached hydrogens (tertiary/aromatic N) is 1. The number of hydrogen-bond acceptors (Lipinski definition) is 5. The van der Waals surface area contributed by atoms with Crippen molar-refractivity contribution in [3.8, 4) is 0 Å². The lowest BCUT2D eigenvalue weighted by Crippen LogP contribution is -2.37. The number of benzene rings is 1. The van der Waals surface area contributed by atoms with Gasteiger partial charge in [0.2, 0.25) is 0 Å². The van der Waals surface area contributed by atoms with Crippen LogP contribution in [0.4, 0.5) is 15.8 Å².